The molecule has 2 aromatic rings. The molecule has 0 aliphatic rings. The first kappa shape index (κ1) is 15.2. The first-order valence-corrected chi connectivity index (χ1v) is 7.75. The molecule has 1 aromatic heterocycles. The minimum atomic E-state index is -0.316. The summed E-state index contributed by atoms with van der Waals surface area (Å²) >= 11 is 5.10. The van der Waals surface area contributed by atoms with E-state index < -0.39 is 0 Å². The molecule has 0 atom stereocenters. The number of rotatable bonds is 6. The monoisotopic (exact) mass is 356 g/mol. The molecule has 1 aromatic carbocycles. The average Bonchev–Trinajstić information content (AvgIpc) is 2.83. The van der Waals surface area contributed by atoms with Gasteiger partial charge >= 0.3 is 0 Å². The van der Waals surface area contributed by atoms with Crippen LogP contribution in [0.5, 0.6) is 0 Å². The highest BCUT2D eigenvalue weighted by Crippen LogP contribution is 2.21. The van der Waals surface area contributed by atoms with Crippen molar-refractivity contribution in [2.75, 3.05) is 18.4 Å². The molecule has 0 radical (unpaired) electrons. The van der Waals surface area contributed by atoms with Gasteiger partial charge in [-0.05, 0) is 58.7 Å². The molecule has 106 valence electrons. The molecule has 0 fully saturated rings. The maximum Gasteiger partial charge on any atom is 0.238 e. The fourth-order valence-corrected chi connectivity index (χ4v) is 3.12. The van der Waals surface area contributed by atoms with Crippen molar-refractivity contribution in [3.8, 4) is 0 Å². The maximum atomic E-state index is 12.7. The highest BCUT2D eigenvalue weighted by atomic mass is 79.9. The summed E-state index contributed by atoms with van der Waals surface area (Å²) < 4.78 is 13.8. The number of amides is 1. The summed E-state index contributed by atoms with van der Waals surface area (Å²) in [5.74, 6) is -0.452. The second kappa shape index (κ2) is 7.52. The van der Waals surface area contributed by atoms with Crippen LogP contribution in [0.25, 0.3) is 0 Å². The van der Waals surface area contributed by atoms with E-state index in [0.717, 1.165) is 16.8 Å². The van der Waals surface area contributed by atoms with E-state index in [4.69, 9.17) is 0 Å². The van der Waals surface area contributed by atoms with Crippen molar-refractivity contribution in [3.05, 3.63) is 50.9 Å². The van der Waals surface area contributed by atoms with Gasteiger partial charge in [0.25, 0.3) is 0 Å². The maximum absolute atomic E-state index is 12.7. The molecular formula is C14H14BrFN2OS. The van der Waals surface area contributed by atoms with Crippen LogP contribution in [0, 0.1) is 5.82 Å². The zero-order chi connectivity index (χ0) is 14.4. The Morgan fingerprint density at radius 2 is 1.95 bits per heavy atom. The highest BCUT2D eigenvalue weighted by Gasteiger charge is 2.02. The molecular weight excluding hydrogens is 343 g/mol. The van der Waals surface area contributed by atoms with Gasteiger partial charge in [0.05, 0.1) is 10.3 Å². The van der Waals surface area contributed by atoms with Gasteiger partial charge in [-0.2, -0.15) is 0 Å². The summed E-state index contributed by atoms with van der Waals surface area (Å²) in [6.07, 6.45) is 0.889. The number of nitrogens with one attached hydrogen (secondary N) is 2. The molecule has 0 saturated carbocycles. The van der Waals surface area contributed by atoms with E-state index in [1.165, 1.54) is 29.1 Å². The lowest BCUT2D eigenvalue weighted by molar-refractivity contribution is -0.115. The summed E-state index contributed by atoms with van der Waals surface area (Å²) in [4.78, 5) is 12.9. The highest BCUT2D eigenvalue weighted by molar-refractivity contribution is 9.11. The van der Waals surface area contributed by atoms with Crippen molar-refractivity contribution >= 4 is 38.9 Å². The van der Waals surface area contributed by atoms with Crippen LogP contribution < -0.4 is 10.6 Å². The SMILES string of the molecule is O=C(CNCCc1ccc(Br)s1)Nc1ccc(F)cc1. The lowest BCUT2D eigenvalue weighted by Crippen LogP contribution is -2.29. The standard InChI is InChI=1S/C14H14BrFN2OS/c15-13-6-5-12(20-13)7-8-17-9-14(19)18-11-3-1-10(16)2-4-11/h1-6,17H,7-9H2,(H,18,19). The van der Waals surface area contributed by atoms with E-state index in [9.17, 15) is 9.18 Å². The van der Waals surface area contributed by atoms with Gasteiger partial charge in [-0.3, -0.25) is 4.79 Å². The molecule has 6 heteroatoms. The summed E-state index contributed by atoms with van der Waals surface area (Å²) in [5, 5.41) is 5.78. The number of hydrogen-bond acceptors (Lipinski definition) is 3. The van der Waals surface area contributed by atoms with Gasteiger partial charge < -0.3 is 10.6 Å². The lowest BCUT2D eigenvalue weighted by Gasteiger charge is -2.06. The van der Waals surface area contributed by atoms with Gasteiger partial charge in [-0.1, -0.05) is 0 Å². The van der Waals surface area contributed by atoms with Crippen LogP contribution in [-0.2, 0) is 11.2 Å². The predicted octanol–water partition coefficient (Wildman–Crippen LogP) is 3.42. The molecule has 1 amide bonds. The zero-order valence-corrected chi connectivity index (χ0v) is 13.1. The fraction of sp³-hybridized carbons (Fsp3) is 0.214. The van der Waals surface area contributed by atoms with Crippen LogP contribution >= 0.6 is 27.3 Å². The smallest absolute Gasteiger partial charge is 0.238 e. The Balaban J connectivity index is 1.66. The summed E-state index contributed by atoms with van der Waals surface area (Å²) in [6, 6.07) is 9.79. The Labute approximate surface area is 129 Å². The average molecular weight is 357 g/mol. The molecule has 2 N–H and O–H groups in total. The van der Waals surface area contributed by atoms with Crippen LogP contribution in [0.3, 0.4) is 0 Å². The fourth-order valence-electron chi connectivity index (χ4n) is 1.64. The number of carbonyl (C=O) groups excluding carboxylic acids is 1. The van der Waals surface area contributed by atoms with Gasteiger partial charge in [0.15, 0.2) is 0 Å². The Morgan fingerprint density at radius 3 is 2.60 bits per heavy atom. The van der Waals surface area contributed by atoms with E-state index in [1.54, 1.807) is 11.3 Å². The number of benzene rings is 1. The molecule has 0 unspecified atom stereocenters. The topological polar surface area (TPSA) is 41.1 Å². The molecule has 0 saturated heterocycles. The Hall–Kier alpha value is -1.24. The Bertz CT molecular complexity index is 571. The number of hydrogen-bond donors (Lipinski definition) is 2. The first-order chi connectivity index (χ1) is 9.63. The van der Waals surface area contributed by atoms with Crippen LogP contribution in [-0.4, -0.2) is 19.0 Å². The number of thiophene rings is 1. The minimum Gasteiger partial charge on any atom is -0.325 e. The molecule has 3 nitrogen and oxygen atoms in total. The molecule has 0 bridgehead atoms. The minimum absolute atomic E-state index is 0.135. The molecule has 20 heavy (non-hydrogen) atoms. The molecule has 1 heterocycles. The molecule has 0 aliphatic carbocycles. The summed E-state index contributed by atoms with van der Waals surface area (Å²) in [7, 11) is 0. The van der Waals surface area contributed by atoms with Gasteiger partial charge in [-0.25, -0.2) is 4.39 Å². The zero-order valence-electron chi connectivity index (χ0n) is 10.7. The molecule has 0 aliphatic heterocycles. The number of carbonyl (C=O) groups is 1. The van der Waals surface area contributed by atoms with E-state index in [2.05, 4.69) is 32.6 Å². The quantitative estimate of drug-likeness (QED) is 0.778. The normalized spacial score (nSPS) is 10.5. The Morgan fingerprint density at radius 1 is 1.20 bits per heavy atom. The van der Waals surface area contributed by atoms with Crippen molar-refractivity contribution in [2.24, 2.45) is 0 Å². The lowest BCUT2D eigenvalue weighted by atomic mass is 10.3. The van der Waals surface area contributed by atoms with Crippen molar-refractivity contribution in [1.29, 1.82) is 0 Å². The third-order valence-corrected chi connectivity index (χ3v) is 4.27. The third kappa shape index (κ3) is 5.03. The van der Waals surface area contributed by atoms with Crippen LogP contribution in [0.2, 0.25) is 0 Å². The van der Waals surface area contributed by atoms with E-state index in [-0.39, 0.29) is 18.3 Å². The second-order valence-electron chi connectivity index (χ2n) is 4.19. The number of halogens is 2. The van der Waals surface area contributed by atoms with Crippen molar-refractivity contribution in [3.63, 3.8) is 0 Å². The van der Waals surface area contributed by atoms with Crippen molar-refractivity contribution in [1.82, 2.24) is 5.32 Å². The van der Waals surface area contributed by atoms with Crippen LogP contribution in [0.1, 0.15) is 4.88 Å². The largest absolute Gasteiger partial charge is 0.325 e. The van der Waals surface area contributed by atoms with Gasteiger partial charge in [0.1, 0.15) is 5.82 Å². The van der Waals surface area contributed by atoms with Gasteiger partial charge in [0.2, 0.25) is 5.91 Å². The van der Waals surface area contributed by atoms with E-state index >= 15 is 0 Å². The summed E-state index contributed by atoms with van der Waals surface area (Å²) in [5.41, 5.74) is 0.598. The third-order valence-electron chi connectivity index (χ3n) is 2.59. The van der Waals surface area contributed by atoms with Crippen molar-refractivity contribution < 1.29 is 9.18 Å². The molecule has 0 spiro atoms. The van der Waals surface area contributed by atoms with Crippen molar-refractivity contribution in [2.45, 2.75) is 6.42 Å². The van der Waals surface area contributed by atoms with E-state index in [0.29, 0.717) is 5.69 Å². The van der Waals surface area contributed by atoms with Gasteiger partial charge in [-0.15, -0.1) is 11.3 Å². The van der Waals surface area contributed by atoms with Gasteiger partial charge in [0, 0.05) is 17.1 Å². The van der Waals surface area contributed by atoms with Crippen LogP contribution in [0.15, 0.2) is 40.2 Å². The summed E-state index contributed by atoms with van der Waals surface area (Å²) in [6.45, 7) is 0.980. The second-order valence-corrected chi connectivity index (χ2v) is 6.74. The molecule has 2 rings (SSSR count). The first-order valence-electron chi connectivity index (χ1n) is 6.14. The predicted molar refractivity (Wildman–Crippen MR) is 83.6 cm³/mol. The number of anilines is 1. The van der Waals surface area contributed by atoms with E-state index in [1.807, 2.05) is 6.07 Å². The Kier molecular flexibility index (Phi) is 5.70. The van der Waals surface area contributed by atoms with Crippen LogP contribution in [0.4, 0.5) is 10.1 Å².